The van der Waals surface area contributed by atoms with Crippen molar-refractivity contribution in [2.24, 2.45) is 5.92 Å². The van der Waals surface area contributed by atoms with Crippen molar-refractivity contribution in [3.05, 3.63) is 0 Å². The van der Waals surface area contributed by atoms with E-state index in [-0.39, 0.29) is 11.8 Å². The van der Waals surface area contributed by atoms with Crippen LogP contribution in [0.4, 0.5) is 0 Å². The van der Waals surface area contributed by atoms with E-state index < -0.39 is 0 Å². The first-order chi connectivity index (χ1) is 6.27. The SMILES string of the molecule is CCC1CCCCC(CP)NC1=O. The Morgan fingerprint density at radius 1 is 1.46 bits per heavy atom. The molecule has 1 amide bonds. The minimum absolute atomic E-state index is 0.263. The van der Waals surface area contributed by atoms with Crippen molar-refractivity contribution >= 4 is 15.1 Å². The molecule has 0 radical (unpaired) electrons. The maximum atomic E-state index is 11.6. The molecule has 0 aromatic carbocycles. The molecule has 1 N–H and O–H groups in total. The smallest absolute Gasteiger partial charge is 0.223 e. The lowest BCUT2D eigenvalue weighted by Crippen LogP contribution is -2.41. The van der Waals surface area contributed by atoms with Crippen LogP contribution >= 0.6 is 9.24 Å². The first kappa shape index (κ1) is 11.0. The summed E-state index contributed by atoms with van der Waals surface area (Å²) < 4.78 is 0. The van der Waals surface area contributed by atoms with Gasteiger partial charge >= 0.3 is 0 Å². The first-order valence-corrected chi connectivity index (χ1v) is 6.10. The van der Waals surface area contributed by atoms with Gasteiger partial charge in [-0.05, 0) is 25.4 Å². The molecular weight excluding hydrogens is 181 g/mol. The van der Waals surface area contributed by atoms with E-state index in [0.29, 0.717) is 6.04 Å². The summed E-state index contributed by atoms with van der Waals surface area (Å²) >= 11 is 0. The van der Waals surface area contributed by atoms with Gasteiger partial charge in [0.15, 0.2) is 0 Å². The van der Waals surface area contributed by atoms with Crippen molar-refractivity contribution in [2.75, 3.05) is 6.16 Å². The van der Waals surface area contributed by atoms with Gasteiger partial charge in [0.25, 0.3) is 0 Å². The summed E-state index contributed by atoms with van der Waals surface area (Å²) in [5.41, 5.74) is 0. The highest BCUT2D eigenvalue weighted by molar-refractivity contribution is 7.16. The van der Waals surface area contributed by atoms with Crippen molar-refractivity contribution in [2.45, 2.75) is 45.1 Å². The Morgan fingerprint density at radius 3 is 2.77 bits per heavy atom. The predicted molar refractivity (Wildman–Crippen MR) is 58.8 cm³/mol. The molecule has 13 heavy (non-hydrogen) atoms. The summed E-state index contributed by atoms with van der Waals surface area (Å²) in [5, 5.41) is 3.11. The molecule has 0 bridgehead atoms. The fourth-order valence-electron chi connectivity index (χ4n) is 1.87. The molecule has 2 nitrogen and oxygen atoms in total. The minimum Gasteiger partial charge on any atom is -0.353 e. The van der Waals surface area contributed by atoms with Crippen LogP contribution in [0.25, 0.3) is 0 Å². The summed E-state index contributed by atoms with van der Waals surface area (Å²) in [5.74, 6) is 0.536. The topological polar surface area (TPSA) is 29.1 Å². The second-order valence-electron chi connectivity index (χ2n) is 3.83. The van der Waals surface area contributed by atoms with Crippen molar-refractivity contribution in [3.8, 4) is 0 Å². The molecule has 1 heterocycles. The second kappa shape index (κ2) is 5.59. The van der Waals surface area contributed by atoms with Crippen molar-refractivity contribution in [1.29, 1.82) is 0 Å². The van der Waals surface area contributed by atoms with E-state index in [0.717, 1.165) is 25.4 Å². The Bertz CT molecular complexity index is 172. The van der Waals surface area contributed by atoms with Gasteiger partial charge in [0.05, 0.1) is 0 Å². The number of amides is 1. The van der Waals surface area contributed by atoms with Gasteiger partial charge in [0.1, 0.15) is 0 Å². The third-order valence-electron chi connectivity index (χ3n) is 2.85. The van der Waals surface area contributed by atoms with E-state index in [4.69, 9.17) is 0 Å². The molecule has 1 saturated heterocycles. The van der Waals surface area contributed by atoms with Crippen LogP contribution in [0.2, 0.25) is 0 Å². The highest BCUT2D eigenvalue weighted by atomic mass is 31.0. The molecule has 0 aromatic rings. The molecule has 1 fully saturated rings. The van der Waals surface area contributed by atoms with E-state index in [2.05, 4.69) is 21.5 Å². The Hall–Kier alpha value is -0.100. The van der Waals surface area contributed by atoms with Gasteiger partial charge in [0, 0.05) is 12.0 Å². The quantitative estimate of drug-likeness (QED) is 0.680. The summed E-state index contributed by atoms with van der Waals surface area (Å²) in [6, 6.07) is 0.395. The average molecular weight is 201 g/mol. The second-order valence-corrected chi connectivity index (χ2v) is 4.30. The van der Waals surface area contributed by atoms with Crippen LogP contribution in [0.5, 0.6) is 0 Å². The number of rotatable bonds is 2. The van der Waals surface area contributed by atoms with Gasteiger partial charge in [0.2, 0.25) is 5.91 Å². The third-order valence-corrected chi connectivity index (χ3v) is 3.42. The molecule has 0 spiro atoms. The molecular formula is C10H20NOP. The lowest BCUT2D eigenvalue weighted by Gasteiger charge is -2.24. The van der Waals surface area contributed by atoms with Crippen LogP contribution in [-0.2, 0) is 4.79 Å². The van der Waals surface area contributed by atoms with Crippen LogP contribution in [0.3, 0.4) is 0 Å². The van der Waals surface area contributed by atoms with Gasteiger partial charge in [-0.25, -0.2) is 0 Å². The Kier molecular flexibility index (Phi) is 4.72. The Labute approximate surface area is 83.1 Å². The molecule has 0 aromatic heterocycles. The predicted octanol–water partition coefficient (Wildman–Crippen LogP) is 1.95. The van der Waals surface area contributed by atoms with Crippen LogP contribution in [-0.4, -0.2) is 18.1 Å². The van der Waals surface area contributed by atoms with Crippen LogP contribution in [0.1, 0.15) is 39.0 Å². The highest BCUT2D eigenvalue weighted by Crippen LogP contribution is 2.18. The van der Waals surface area contributed by atoms with Gasteiger partial charge in [-0.3, -0.25) is 4.79 Å². The molecule has 3 unspecified atom stereocenters. The minimum atomic E-state index is 0.263. The number of nitrogens with one attached hydrogen (secondary N) is 1. The summed E-state index contributed by atoms with van der Waals surface area (Å²) in [7, 11) is 2.71. The van der Waals surface area contributed by atoms with Gasteiger partial charge in [-0.15, -0.1) is 9.24 Å². The largest absolute Gasteiger partial charge is 0.353 e. The fourth-order valence-corrected chi connectivity index (χ4v) is 2.22. The Morgan fingerprint density at radius 2 is 2.15 bits per heavy atom. The molecule has 1 aliphatic rings. The summed E-state index contributed by atoms with van der Waals surface area (Å²) in [4.78, 5) is 11.6. The maximum absolute atomic E-state index is 11.6. The standard InChI is InChI=1S/C10H20NOP/c1-2-8-5-3-4-6-9(7-13)11-10(8)12/h8-9H,2-7,13H2,1H3,(H,11,12). The van der Waals surface area contributed by atoms with E-state index in [9.17, 15) is 4.79 Å². The molecule has 3 atom stereocenters. The van der Waals surface area contributed by atoms with Gasteiger partial charge in [-0.1, -0.05) is 19.8 Å². The fraction of sp³-hybridized carbons (Fsp3) is 0.900. The first-order valence-electron chi connectivity index (χ1n) is 5.28. The van der Waals surface area contributed by atoms with Gasteiger partial charge in [-0.2, -0.15) is 0 Å². The molecule has 76 valence electrons. The number of carbonyl (C=O) groups is 1. The van der Waals surface area contributed by atoms with Crippen molar-refractivity contribution < 1.29 is 4.79 Å². The third kappa shape index (κ3) is 3.27. The molecule has 3 heteroatoms. The molecule has 1 rings (SSSR count). The zero-order valence-corrected chi connectivity index (χ0v) is 9.54. The summed E-state index contributed by atoms with van der Waals surface area (Å²) in [6.07, 6.45) is 6.66. The monoisotopic (exact) mass is 201 g/mol. The van der Waals surface area contributed by atoms with Crippen LogP contribution in [0.15, 0.2) is 0 Å². The zero-order valence-electron chi connectivity index (χ0n) is 8.38. The van der Waals surface area contributed by atoms with E-state index in [1.54, 1.807) is 0 Å². The highest BCUT2D eigenvalue weighted by Gasteiger charge is 2.21. The molecule has 1 aliphatic heterocycles. The van der Waals surface area contributed by atoms with E-state index >= 15 is 0 Å². The van der Waals surface area contributed by atoms with Crippen molar-refractivity contribution in [3.63, 3.8) is 0 Å². The maximum Gasteiger partial charge on any atom is 0.223 e. The number of hydrogen-bond donors (Lipinski definition) is 1. The number of hydrogen-bond acceptors (Lipinski definition) is 1. The van der Waals surface area contributed by atoms with Gasteiger partial charge < -0.3 is 5.32 Å². The average Bonchev–Trinajstić information content (AvgIpc) is 2.12. The lowest BCUT2D eigenvalue weighted by molar-refractivity contribution is -0.126. The van der Waals surface area contributed by atoms with Crippen LogP contribution < -0.4 is 5.32 Å². The molecule has 0 aliphatic carbocycles. The van der Waals surface area contributed by atoms with Crippen molar-refractivity contribution in [1.82, 2.24) is 5.32 Å². The number of carbonyl (C=O) groups excluding carboxylic acids is 1. The Balaban J connectivity index is 2.50. The van der Waals surface area contributed by atoms with Crippen LogP contribution in [0, 0.1) is 5.92 Å². The van der Waals surface area contributed by atoms with E-state index in [1.807, 2.05) is 0 Å². The normalized spacial score (nSPS) is 30.5. The summed E-state index contributed by atoms with van der Waals surface area (Å²) in [6.45, 7) is 2.10. The lowest BCUT2D eigenvalue weighted by atomic mass is 9.94. The molecule has 0 saturated carbocycles. The van der Waals surface area contributed by atoms with E-state index in [1.165, 1.54) is 12.8 Å². The zero-order chi connectivity index (χ0) is 9.68.